The third-order valence-corrected chi connectivity index (χ3v) is 8.22. The van der Waals surface area contributed by atoms with Crippen LogP contribution in [0.15, 0.2) is 66.5 Å². The van der Waals surface area contributed by atoms with Gasteiger partial charge in [0.25, 0.3) is 5.01 Å². The number of nitrogens with zero attached hydrogens (tertiary/aromatic N) is 5. The first-order valence-corrected chi connectivity index (χ1v) is 12.8. The predicted molar refractivity (Wildman–Crippen MR) is 141 cm³/mol. The van der Waals surface area contributed by atoms with E-state index in [2.05, 4.69) is 112 Å². The minimum absolute atomic E-state index is 0.887. The SMILES string of the molecule is CCN1C(=CC=Cc2sc3ccc4ccccc4c3[n+]2CC)N(C)c2ccc3nnsc3c21. The second-order valence-electron chi connectivity index (χ2n) is 8.06. The van der Waals surface area contributed by atoms with Crippen molar-refractivity contribution >= 4 is 71.5 Å². The van der Waals surface area contributed by atoms with Gasteiger partial charge in [-0.15, -0.1) is 5.10 Å². The standard InChI is InChI=1S/C26H24N5S2/c1-4-30-22(29(3)20-15-14-19-26(25(20)30)33-28-27-19)11-8-12-23-31(5-2)24-18-10-7-6-9-17(18)13-16-21(24)32-23/h6-16H,4-5H2,1-3H3/q+1. The molecule has 5 nitrogen and oxygen atoms in total. The van der Waals surface area contributed by atoms with Crippen molar-refractivity contribution < 1.29 is 4.57 Å². The van der Waals surface area contributed by atoms with Crippen molar-refractivity contribution in [3.05, 3.63) is 71.5 Å². The van der Waals surface area contributed by atoms with Crippen LogP contribution in [0.3, 0.4) is 0 Å². The lowest BCUT2D eigenvalue weighted by atomic mass is 10.1. The number of allylic oxidation sites excluding steroid dienone is 2. The summed E-state index contributed by atoms with van der Waals surface area (Å²) in [6, 6.07) is 17.3. The van der Waals surface area contributed by atoms with Crippen molar-refractivity contribution in [1.82, 2.24) is 9.59 Å². The van der Waals surface area contributed by atoms with Crippen LogP contribution in [0.25, 0.3) is 37.3 Å². The predicted octanol–water partition coefficient (Wildman–Crippen LogP) is 6.20. The fraction of sp³-hybridized carbons (Fsp3) is 0.192. The van der Waals surface area contributed by atoms with Crippen LogP contribution in [-0.4, -0.2) is 23.2 Å². The summed E-state index contributed by atoms with van der Waals surface area (Å²) < 4.78 is 9.07. The summed E-state index contributed by atoms with van der Waals surface area (Å²) in [5, 5.41) is 8.13. The van der Waals surface area contributed by atoms with E-state index in [0.717, 1.165) is 23.3 Å². The average molecular weight is 471 g/mol. The minimum atomic E-state index is 0.887. The maximum atomic E-state index is 4.27. The largest absolute Gasteiger partial charge is 0.329 e. The minimum Gasteiger partial charge on any atom is -0.329 e. The normalized spacial score (nSPS) is 15.2. The van der Waals surface area contributed by atoms with Crippen LogP contribution in [0.4, 0.5) is 11.4 Å². The van der Waals surface area contributed by atoms with Gasteiger partial charge in [-0.1, -0.05) is 46.2 Å². The Bertz CT molecular complexity index is 1580. The lowest BCUT2D eigenvalue weighted by molar-refractivity contribution is -0.664. The fourth-order valence-electron chi connectivity index (χ4n) is 4.82. The summed E-state index contributed by atoms with van der Waals surface area (Å²) in [5.41, 5.74) is 4.70. The van der Waals surface area contributed by atoms with Crippen molar-refractivity contribution in [3.8, 4) is 0 Å². The first-order valence-electron chi connectivity index (χ1n) is 11.2. The molecular formula is C26H24N5S2+. The van der Waals surface area contributed by atoms with Crippen LogP contribution in [0, 0.1) is 0 Å². The molecule has 1 aliphatic heterocycles. The van der Waals surface area contributed by atoms with E-state index in [4.69, 9.17) is 0 Å². The topological polar surface area (TPSA) is 36.1 Å². The maximum Gasteiger partial charge on any atom is 0.262 e. The number of aromatic nitrogens is 3. The number of fused-ring (bicyclic) bond motifs is 6. The molecule has 2 aromatic heterocycles. The molecule has 0 radical (unpaired) electrons. The third kappa shape index (κ3) is 3.07. The number of anilines is 2. The number of rotatable bonds is 4. The number of benzene rings is 3. The van der Waals surface area contributed by atoms with Gasteiger partial charge in [0.2, 0.25) is 5.52 Å². The van der Waals surface area contributed by atoms with Gasteiger partial charge in [-0.05, 0) is 61.1 Å². The molecule has 5 aromatic rings. The van der Waals surface area contributed by atoms with Crippen LogP contribution in [0.1, 0.15) is 18.9 Å². The van der Waals surface area contributed by atoms with E-state index in [0.29, 0.717) is 0 Å². The highest BCUT2D eigenvalue weighted by atomic mass is 32.1. The van der Waals surface area contributed by atoms with E-state index in [1.807, 2.05) is 11.3 Å². The molecule has 6 rings (SSSR count). The lowest BCUT2D eigenvalue weighted by Crippen LogP contribution is -2.33. The molecule has 0 fully saturated rings. The van der Waals surface area contributed by atoms with Gasteiger partial charge in [0.15, 0.2) is 0 Å². The Balaban J connectivity index is 1.42. The monoisotopic (exact) mass is 470 g/mol. The molecule has 3 heterocycles. The molecule has 0 atom stereocenters. The van der Waals surface area contributed by atoms with Gasteiger partial charge in [0.1, 0.15) is 27.3 Å². The van der Waals surface area contributed by atoms with Crippen molar-refractivity contribution in [1.29, 1.82) is 0 Å². The van der Waals surface area contributed by atoms with Crippen molar-refractivity contribution in [2.75, 3.05) is 23.4 Å². The average Bonchev–Trinajstić information content (AvgIpc) is 3.53. The molecule has 0 aliphatic carbocycles. The Kier molecular flexibility index (Phi) is 4.89. The van der Waals surface area contributed by atoms with Gasteiger partial charge in [-0.3, -0.25) is 0 Å². The molecule has 0 unspecified atom stereocenters. The van der Waals surface area contributed by atoms with E-state index in [9.17, 15) is 0 Å². The number of aryl methyl sites for hydroxylation is 1. The summed E-state index contributed by atoms with van der Waals surface area (Å²) in [4.78, 5) is 4.61. The second-order valence-corrected chi connectivity index (χ2v) is 9.88. The zero-order valence-corrected chi connectivity index (χ0v) is 20.5. The molecule has 0 saturated heterocycles. The van der Waals surface area contributed by atoms with Crippen LogP contribution in [0.2, 0.25) is 0 Å². The van der Waals surface area contributed by atoms with Gasteiger partial charge >= 0.3 is 0 Å². The van der Waals surface area contributed by atoms with Gasteiger partial charge in [-0.2, -0.15) is 4.57 Å². The van der Waals surface area contributed by atoms with Gasteiger partial charge in [0, 0.05) is 19.7 Å². The Labute approximate surface area is 200 Å². The van der Waals surface area contributed by atoms with Crippen molar-refractivity contribution in [2.24, 2.45) is 0 Å². The summed E-state index contributed by atoms with van der Waals surface area (Å²) in [6.45, 7) is 6.24. The van der Waals surface area contributed by atoms with Gasteiger partial charge < -0.3 is 9.80 Å². The van der Waals surface area contributed by atoms with Crippen molar-refractivity contribution in [3.63, 3.8) is 0 Å². The molecule has 0 N–H and O–H groups in total. The Morgan fingerprint density at radius 2 is 1.94 bits per heavy atom. The fourth-order valence-corrected chi connectivity index (χ4v) is 6.69. The van der Waals surface area contributed by atoms with E-state index in [1.54, 1.807) is 0 Å². The summed E-state index contributed by atoms with van der Waals surface area (Å²) >= 11 is 3.32. The molecule has 3 aromatic carbocycles. The zero-order chi connectivity index (χ0) is 22.5. The third-order valence-electron chi connectivity index (χ3n) is 6.35. The summed E-state index contributed by atoms with van der Waals surface area (Å²) in [7, 11) is 2.13. The van der Waals surface area contributed by atoms with Crippen LogP contribution < -0.4 is 14.4 Å². The first kappa shape index (κ1) is 20.3. The second kappa shape index (κ2) is 7.93. The molecule has 164 valence electrons. The number of hydrogen-bond donors (Lipinski definition) is 0. The van der Waals surface area contributed by atoms with Gasteiger partial charge in [0.05, 0.1) is 16.8 Å². The molecule has 0 saturated carbocycles. The molecule has 0 amide bonds. The maximum absolute atomic E-state index is 4.27. The molecule has 0 spiro atoms. The molecule has 7 heteroatoms. The van der Waals surface area contributed by atoms with E-state index < -0.39 is 0 Å². The highest BCUT2D eigenvalue weighted by Crippen LogP contribution is 2.46. The highest BCUT2D eigenvalue weighted by molar-refractivity contribution is 7.19. The smallest absolute Gasteiger partial charge is 0.262 e. The Morgan fingerprint density at radius 1 is 1.06 bits per heavy atom. The van der Waals surface area contributed by atoms with Crippen LogP contribution in [-0.2, 0) is 6.54 Å². The van der Waals surface area contributed by atoms with E-state index in [1.165, 1.54) is 54.7 Å². The summed E-state index contributed by atoms with van der Waals surface area (Å²) in [6.07, 6.45) is 6.64. The zero-order valence-electron chi connectivity index (χ0n) is 18.8. The van der Waals surface area contributed by atoms with Crippen LogP contribution >= 0.6 is 22.9 Å². The first-order chi connectivity index (χ1) is 16.2. The molecule has 33 heavy (non-hydrogen) atoms. The van der Waals surface area contributed by atoms with E-state index >= 15 is 0 Å². The lowest BCUT2D eigenvalue weighted by Gasteiger charge is -2.20. The highest BCUT2D eigenvalue weighted by Gasteiger charge is 2.30. The number of hydrogen-bond acceptors (Lipinski definition) is 6. The number of thiazole rings is 1. The van der Waals surface area contributed by atoms with Gasteiger partial charge in [-0.25, -0.2) is 0 Å². The molecule has 1 aliphatic rings. The molecular weight excluding hydrogens is 446 g/mol. The quantitative estimate of drug-likeness (QED) is 0.293. The molecule has 0 bridgehead atoms. The van der Waals surface area contributed by atoms with Crippen LogP contribution in [0.5, 0.6) is 0 Å². The van der Waals surface area contributed by atoms with E-state index in [-0.39, 0.29) is 0 Å². The summed E-state index contributed by atoms with van der Waals surface area (Å²) in [5.74, 6) is 1.17. The van der Waals surface area contributed by atoms with Crippen molar-refractivity contribution in [2.45, 2.75) is 20.4 Å². The Morgan fingerprint density at radius 3 is 2.79 bits per heavy atom. The Hall–Kier alpha value is -3.29.